The molecule has 0 atom stereocenters. The minimum atomic E-state index is -0.236. The molecule has 1 aromatic carbocycles. The predicted molar refractivity (Wildman–Crippen MR) is 99.7 cm³/mol. The molecular formula is C18H16N4O3S. The highest BCUT2D eigenvalue weighted by Gasteiger charge is 2.15. The van der Waals surface area contributed by atoms with Gasteiger partial charge in [0, 0.05) is 29.6 Å². The minimum Gasteiger partial charge on any atom is -0.497 e. The Morgan fingerprint density at radius 1 is 1.35 bits per heavy atom. The molecule has 3 aromatic heterocycles. The van der Waals surface area contributed by atoms with Crippen molar-refractivity contribution in [1.82, 2.24) is 14.8 Å². The number of furan rings is 1. The lowest BCUT2D eigenvalue weighted by atomic mass is 10.2. The Morgan fingerprint density at radius 2 is 2.23 bits per heavy atom. The number of carbonyl (C=O) groups excluding carboxylic acids is 1. The average Bonchev–Trinajstić information content (AvgIpc) is 3.38. The zero-order chi connectivity index (χ0) is 18.1. The van der Waals surface area contributed by atoms with Crippen LogP contribution in [-0.4, -0.2) is 27.8 Å². The summed E-state index contributed by atoms with van der Waals surface area (Å²) in [7, 11) is 1.62. The van der Waals surface area contributed by atoms with Crippen LogP contribution in [0.2, 0.25) is 0 Å². The van der Waals surface area contributed by atoms with E-state index < -0.39 is 0 Å². The van der Waals surface area contributed by atoms with Crippen molar-refractivity contribution in [2.45, 2.75) is 13.5 Å². The molecule has 1 N–H and O–H groups in total. The fourth-order valence-electron chi connectivity index (χ4n) is 2.65. The lowest BCUT2D eigenvalue weighted by molar-refractivity contribution is 0.101. The van der Waals surface area contributed by atoms with Gasteiger partial charge in [-0.25, -0.2) is 4.98 Å². The van der Waals surface area contributed by atoms with Gasteiger partial charge in [0.15, 0.2) is 10.9 Å². The molecule has 0 fully saturated rings. The predicted octanol–water partition coefficient (Wildman–Crippen LogP) is 4.03. The van der Waals surface area contributed by atoms with Gasteiger partial charge in [0.2, 0.25) is 0 Å². The van der Waals surface area contributed by atoms with Crippen LogP contribution in [0.15, 0.2) is 46.3 Å². The third kappa shape index (κ3) is 2.95. The normalized spacial score (nSPS) is 11.0. The van der Waals surface area contributed by atoms with Crippen LogP contribution in [0.3, 0.4) is 0 Å². The van der Waals surface area contributed by atoms with Crippen molar-refractivity contribution in [2.75, 3.05) is 12.4 Å². The van der Waals surface area contributed by atoms with Crippen LogP contribution >= 0.6 is 11.3 Å². The maximum atomic E-state index is 12.4. The zero-order valence-electron chi connectivity index (χ0n) is 14.2. The summed E-state index contributed by atoms with van der Waals surface area (Å²) in [5.41, 5.74) is 1.90. The minimum absolute atomic E-state index is 0.236. The van der Waals surface area contributed by atoms with Crippen molar-refractivity contribution in [3.8, 4) is 17.2 Å². The third-order valence-corrected chi connectivity index (χ3v) is 4.71. The van der Waals surface area contributed by atoms with Crippen molar-refractivity contribution in [3.05, 3.63) is 47.6 Å². The molecule has 1 amide bonds. The van der Waals surface area contributed by atoms with Crippen molar-refractivity contribution in [3.63, 3.8) is 0 Å². The van der Waals surface area contributed by atoms with Crippen LogP contribution < -0.4 is 10.1 Å². The lowest BCUT2D eigenvalue weighted by Gasteiger charge is -2.03. The summed E-state index contributed by atoms with van der Waals surface area (Å²) in [4.78, 5) is 16.8. The number of nitrogens with zero attached hydrogens (tertiary/aromatic N) is 3. The summed E-state index contributed by atoms with van der Waals surface area (Å²) in [6.45, 7) is 2.56. The van der Waals surface area contributed by atoms with Crippen LogP contribution in [0.4, 0.5) is 5.13 Å². The lowest BCUT2D eigenvalue weighted by Crippen LogP contribution is -2.17. The number of rotatable bonds is 5. The molecular weight excluding hydrogens is 352 g/mol. The molecule has 132 valence electrons. The molecule has 8 heteroatoms. The van der Waals surface area contributed by atoms with Gasteiger partial charge in [-0.1, -0.05) is 0 Å². The first-order valence-corrected chi connectivity index (χ1v) is 8.92. The van der Waals surface area contributed by atoms with E-state index in [1.54, 1.807) is 24.1 Å². The molecule has 0 aliphatic carbocycles. The molecule has 26 heavy (non-hydrogen) atoms. The molecule has 0 aliphatic heterocycles. The van der Waals surface area contributed by atoms with E-state index in [9.17, 15) is 4.79 Å². The quantitative estimate of drug-likeness (QED) is 0.575. The highest BCUT2D eigenvalue weighted by Crippen LogP contribution is 2.32. The largest absolute Gasteiger partial charge is 0.497 e. The smallest absolute Gasteiger partial charge is 0.275 e. The van der Waals surface area contributed by atoms with Crippen LogP contribution in [0, 0.1) is 0 Å². The number of ether oxygens (including phenoxy) is 1. The topological polar surface area (TPSA) is 82.2 Å². The standard InChI is InChI=1S/C18H16N4O3S/c1-3-22-14(6-7-19-22)17(23)21-18-20-13(10-26-18)16-8-11-4-5-12(24-2)9-15(11)25-16/h4-10H,3H2,1-2H3,(H,20,21,23). The van der Waals surface area contributed by atoms with Gasteiger partial charge in [-0.15, -0.1) is 11.3 Å². The summed E-state index contributed by atoms with van der Waals surface area (Å²) < 4.78 is 12.7. The summed E-state index contributed by atoms with van der Waals surface area (Å²) in [5, 5.41) is 10.2. The number of anilines is 1. The molecule has 0 aliphatic rings. The SMILES string of the molecule is CCn1nccc1C(=O)Nc1nc(-c2cc3ccc(OC)cc3o2)cs1. The average molecular weight is 368 g/mol. The number of benzene rings is 1. The molecule has 0 saturated heterocycles. The van der Waals surface area contributed by atoms with E-state index in [1.807, 2.05) is 36.6 Å². The van der Waals surface area contributed by atoms with E-state index in [1.165, 1.54) is 11.3 Å². The number of aryl methyl sites for hydroxylation is 1. The number of nitrogens with one attached hydrogen (secondary N) is 1. The number of amides is 1. The van der Waals surface area contributed by atoms with E-state index in [4.69, 9.17) is 9.15 Å². The Bertz CT molecular complexity index is 1080. The number of hydrogen-bond acceptors (Lipinski definition) is 6. The van der Waals surface area contributed by atoms with Crippen molar-refractivity contribution < 1.29 is 13.9 Å². The Labute approximate surface area is 153 Å². The van der Waals surface area contributed by atoms with Crippen molar-refractivity contribution in [2.24, 2.45) is 0 Å². The highest BCUT2D eigenvalue weighted by atomic mass is 32.1. The van der Waals surface area contributed by atoms with Gasteiger partial charge in [0.1, 0.15) is 22.7 Å². The molecule has 3 heterocycles. The Balaban J connectivity index is 1.57. The van der Waals surface area contributed by atoms with Gasteiger partial charge in [-0.05, 0) is 31.2 Å². The summed E-state index contributed by atoms with van der Waals surface area (Å²) >= 11 is 1.34. The number of aromatic nitrogens is 3. The number of thiazole rings is 1. The van der Waals surface area contributed by atoms with Crippen LogP contribution in [-0.2, 0) is 6.54 Å². The maximum Gasteiger partial charge on any atom is 0.275 e. The first-order chi connectivity index (χ1) is 12.7. The fraction of sp³-hybridized carbons (Fsp3) is 0.167. The Hall–Kier alpha value is -3.13. The molecule has 4 aromatic rings. The molecule has 0 bridgehead atoms. The van der Waals surface area contributed by atoms with E-state index in [-0.39, 0.29) is 5.91 Å². The number of hydrogen-bond donors (Lipinski definition) is 1. The molecule has 0 unspecified atom stereocenters. The fourth-order valence-corrected chi connectivity index (χ4v) is 3.34. The molecule has 0 saturated carbocycles. The second-order valence-electron chi connectivity index (χ2n) is 5.54. The van der Waals surface area contributed by atoms with E-state index in [0.29, 0.717) is 28.8 Å². The molecule has 0 spiro atoms. The summed E-state index contributed by atoms with van der Waals surface area (Å²) in [6.07, 6.45) is 1.61. The molecule has 4 rings (SSSR count). The highest BCUT2D eigenvalue weighted by molar-refractivity contribution is 7.14. The monoisotopic (exact) mass is 368 g/mol. The second kappa shape index (κ2) is 6.64. The van der Waals surface area contributed by atoms with E-state index in [0.717, 1.165) is 16.7 Å². The Kier molecular flexibility index (Phi) is 4.18. The molecule has 7 nitrogen and oxygen atoms in total. The van der Waals surface area contributed by atoms with Crippen molar-refractivity contribution >= 4 is 33.3 Å². The van der Waals surface area contributed by atoms with Crippen LogP contribution in [0.1, 0.15) is 17.4 Å². The van der Waals surface area contributed by atoms with E-state index in [2.05, 4.69) is 15.4 Å². The van der Waals surface area contributed by atoms with Crippen LogP contribution in [0.25, 0.3) is 22.4 Å². The van der Waals surface area contributed by atoms with Crippen LogP contribution in [0.5, 0.6) is 5.75 Å². The maximum absolute atomic E-state index is 12.4. The first-order valence-electron chi connectivity index (χ1n) is 8.04. The van der Waals surface area contributed by atoms with E-state index >= 15 is 0 Å². The number of fused-ring (bicyclic) bond motifs is 1. The van der Waals surface area contributed by atoms with Gasteiger partial charge in [-0.3, -0.25) is 14.8 Å². The van der Waals surface area contributed by atoms with Gasteiger partial charge in [0.05, 0.1) is 7.11 Å². The summed E-state index contributed by atoms with van der Waals surface area (Å²) in [6, 6.07) is 9.24. The second-order valence-corrected chi connectivity index (χ2v) is 6.40. The summed E-state index contributed by atoms with van der Waals surface area (Å²) in [5.74, 6) is 1.14. The number of methoxy groups -OCH3 is 1. The van der Waals surface area contributed by atoms with Crippen molar-refractivity contribution in [1.29, 1.82) is 0 Å². The zero-order valence-corrected chi connectivity index (χ0v) is 15.0. The third-order valence-electron chi connectivity index (χ3n) is 3.95. The van der Waals surface area contributed by atoms with Gasteiger partial charge >= 0.3 is 0 Å². The first kappa shape index (κ1) is 16.3. The van der Waals surface area contributed by atoms with Gasteiger partial charge in [-0.2, -0.15) is 5.10 Å². The van der Waals surface area contributed by atoms with Gasteiger partial charge < -0.3 is 9.15 Å². The molecule has 0 radical (unpaired) electrons. The Morgan fingerprint density at radius 3 is 3.04 bits per heavy atom. The van der Waals surface area contributed by atoms with Gasteiger partial charge in [0.25, 0.3) is 5.91 Å². The number of carbonyl (C=O) groups is 1.